The number of rotatable bonds is 7. The molecule has 0 saturated carbocycles. The number of unbranched alkanes of at least 4 members (excludes halogenated alkanes) is 1. The van der Waals surface area contributed by atoms with Crippen LogP contribution in [-0.2, 0) is 11.3 Å². The molecule has 3 nitrogen and oxygen atoms in total. The van der Waals surface area contributed by atoms with Gasteiger partial charge in [-0.2, -0.15) is 5.10 Å². The summed E-state index contributed by atoms with van der Waals surface area (Å²) in [6.07, 6.45) is 5.17. The third-order valence-corrected chi connectivity index (χ3v) is 3.00. The van der Waals surface area contributed by atoms with Crippen LogP contribution in [0.1, 0.15) is 51.8 Å². The average Bonchev–Trinajstić information content (AvgIpc) is 2.65. The lowest BCUT2D eigenvalue weighted by molar-refractivity contribution is 0.115. The van der Waals surface area contributed by atoms with Crippen LogP contribution in [0.15, 0.2) is 6.20 Å². The van der Waals surface area contributed by atoms with Crippen molar-refractivity contribution in [3.63, 3.8) is 0 Å². The summed E-state index contributed by atoms with van der Waals surface area (Å²) in [5, 5.41) is 5.14. The van der Waals surface area contributed by atoms with Crippen LogP contribution in [0.3, 0.4) is 0 Å². The number of ether oxygens (including phenoxy) is 1. The highest BCUT2D eigenvalue weighted by Gasteiger charge is 2.10. The first-order chi connectivity index (χ1) is 7.69. The van der Waals surface area contributed by atoms with E-state index in [-0.39, 0.29) is 0 Å². The molecule has 0 aliphatic rings. The van der Waals surface area contributed by atoms with E-state index in [9.17, 15) is 0 Å². The molecular formula is C12H21ClN2O. The summed E-state index contributed by atoms with van der Waals surface area (Å²) in [7, 11) is 0. The summed E-state index contributed by atoms with van der Waals surface area (Å²) < 4.78 is 7.42. The van der Waals surface area contributed by atoms with Crippen LogP contribution >= 0.6 is 11.6 Å². The van der Waals surface area contributed by atoms with Crippen molar-refractivity contribution in [1.82, 2.24) is 9.78 Å². The summed E-state index contributed by atoms with van der Waals surface area (Å²) in [6, 6.07) is 0.391. The van der Waals surface area contributed by atoms with Gasteiger partial charge >= 0.3 is 0 Å². The Labute approximate surface area is 103 Å². The monoisotopic (exact) mass is 244 g/mol. The molecule has 0 N–H and O–H groups in total. The third-order valence-electron chi connectivity index (χ3n) is 2.68. The number of hydrogen-bond acceptors (Lipinski definition) is 2. The zero-order valence-corrected chi connectivity index (χ0v) is 11.1. The Hall–Kier alpha value is -0.540. The standard InChI is InChI=1S/C12H21ClN2O/c1-4-6-7-16-9-12-11(13)8-15(14-12)10(3)5-2/h8,10H,4-7,9H2,1-3H3. The molecule has 0 spiro atoms. The van der Waals surface area contributed by atoms with Crippen molar-refractivity contribution in [1.29, 1.82) is 0 Å². The topological polar surface area (TPSA) is 27.1 Å². The Balaban J connectivity index is 2.50. The maximum atomic E-state index is 6.10. The first-order valence-corrected chi connectivity index (χ1v) is 6.38. The fourth-order valence-electron chi connectivity index (χ4n) is 1.33. The normalized spacial score (nSPS) is 13.0. The smallest absolute Gasteiger partial charge is 0.107 e. The lowest BCUT2D eigenvalue weighted by atomic mass is 10.3. The van der Waals surface area contributed by atoms with Crippen LogP contribution in [0.4, 0.5) is 0 Å². The van der Waals surface area contributed by atoms with E-state index in [4.69, 9.17) is 16.3 Å². The van der Waals surface area contributed by atoms with Crippen molar-refractivity contribution in [3.8, 4) is 0 Å². The summed E-state index contributed by atoms with van der Waals surface area (Å²) in [6.45, 7) is 7.71. The van der Waals surface area contributed by atoms with Crippen LogP contribution in [-0.4, -0.2) is 16.4 Å². The molecule has 4 heteroatoms. The fourth-order valence-corrected chi connectivity index (χ4v) is 1.52. The third kappa shape index (κ3) is 3.80. The fraction of sp³-hybridized carbons (Fsp3) is 0.750. The first kappa shape index (κ1) is 13.5. The van der Waals surface area contributed by atoms with Gasteiger partial charge in [0.05, 0.1) is 11.6 Å². The Kier molecular flexibility index (Phi) is 5.85. The lowest BCUT2D eigenvalue weighted by Gasteiger charge is -2.07. The Morgan fingerprint density at radius 1 is 1.50 bits per heavy atom. The zero-order chi connectivity index (χ0) is 12.0. The van der Waals surface area contributed by atoms with Gasteiger partial charge in [-0.25, -0.2) is 0 Å². The molecule has 1 atom stereocenters. The largest absolute Gasteiger partial charge is 0.375 e. The van der Waals surface area contributed by atoms with Gasteiger partial charge in [0.1, 0.15) is 5.69 Å². The first-order valence-electron chi connectivity index (χ1n) is 6.00. The zero-order valence-electron chi connectivity index (χ0n) is 10.4. The SMILES string of the molecule is CCCCOCc1nn(C(C)CC)cc1Cl. The predicted octanol–water partition coefficient (Wildman–Crippen LogP) is 3.82. The van der Waals surface area contributed by atoms with E-state index in [2.05, 4.69) is 25.9 Å². The molecule has 16 heavy (non-hydrogen) atoms. The second-order valence-corrected chi connectivity index (χ2v) is 4.47. The number of hydrogen-bond donors (Lipinski definition) is 0. The summed E-state index contributed by atoms with van der Waals surface area (Å²) in [4.78, 5) is 0. The number of aromatic nitrogens is 2. The highest BCUT2D eigenvalue weighted by atomic mass is 35.5. The average molecular weight is 245 g/mol. The van der Waals surface area contributed by atoms with Crippen molar-refractivity contribution in [3.05, 3.63) is 16.9 Å². The molecule has 1 aromatic heterocycles. The van der Waals surface area contributed by atoms with Crippen molar-refractivity contribution < 1.29 is 4.74 Å². The van der Waals surface area contributed by atoms with Gasteiger partial charge in [-0.05, 0) is 19.8 Å². The number of halogens is 1. The van der Waals surface area contributed by atoms with Crippen LogP contribution in [0.25, 0.3) is 0 Å². The summed E-state index contributed by atoms with van der Waals surface area (Å²) in [5.74, 6) is 0. The van der Waals surface area contributed by atoms with Crippen LogP contribution in [0.5, 0.6) is 0 Å². The lowest BCUT2D eigenvalue weighted by Crippen LogP contribution is -2.05. The van der Waals surface area contributed by atoms with Gasteiger partial charge in [-0.1, -0.05) is 31.9 Å². The predicted molar refractivity (Wildman–Crippen MR) is 66.8 cm³/mol. The second-order valence-electron chi connectivity index (χ2n) is 4.07. The van der Waals surface area contributed by atoms with Crippen LogP contribution in [0, 0.1) is 0 Å². The highest BCUT2D eigenvalue weighted by molar-refractivity contribution is 6.31. The van der Waals surface area contributed by atoms with E-state index >= 15 is 0 Å². The molecule has 0 aliphatic heterocycles. The minimum atomic E-state index is 0.391. The quantitative estimate of drug-likeness (QED) is 0.682. The van der Waals surface area contributed by atoms with Gasteiger partial charge < -0.3 is 4.74 Å². The molecule has 92 valence electrons. The van der Waals surface area contributed by atoms with E-state index < -0.39 is 0 Å². The number of nitrogens with zero attached hydrogens (tertiary/aromatic N) is 2. The molecule has 0 aromatic carbocycles. The summed E-state index contributed by atoms with van der Waals surface area (Å²) in [5.41, 5.74) is 0.845. The molecule has 0 fully saturated rings. The maximum absolute atomic E-state index is 6.10. The molecule has 1 heterocycles. The molecule has 0 amide bonds. The van der Waals surface area contributed by atoms with E-state index in [0.29, 0.717) is 17.7 Å². The molecule has 1 unspecified atom stereocenters. The Morgan fingerprint density at radius 3 is 2.88 bits per heavy atom. The van der Waals surface area contributed by atoms with Gasteiger partial charge in [-0.15, -0.1) is 0 Å². The second kappa shape index (κ2) is 6.92. The van der Waals surface area contributed by atoms with Crippen molar-refractivity contribution in [2.24, 2.45) is 0 Å². The van der Waals surface area contributed by atoms with E-state index in [0.717, 1.165) is 31.6 Å². The molecule has 0 bridgehead atoms. The summed E-state index contributed by atoms with van der Waals surface area (Å²) >= 11 is 6.10. The molecule has 0 radical (unpaired) electrons. The highest BCUT2D eigenvalue weighted by Crippen LogP contribution is 2.19. The van der Waals surface area contributed by atoms with Gasteiger partial charge in [0.15, 0.2) is 0 Å². The van der Waals surface area contributed by atoms with Gasteiger partial charge in [0, 0.05) is 18.8 Å². The molecular weight excluding hydrogens is 224 g/mol. The minimum Gasteiger partial charge on any atom is -0.375 e. The molecule has 1 rings (SSSR count). The van der Waals surface area contributed by atoms with Crippen molar-refractivity contribution in [2.45, 2.75) is 52.7 Å². The van der Waals surface area contributed by atoms with Crippen LogP contribution in [0.2, 0.25) is 5.02 Å². The molecule has 0 aliphatic carbocycles. The minimum absolute atomic E-state index is 0.391. The van der Waals surface area contributed by atoms with E-state index in [1.807, 2.05) is 10.9 Å². The Bertz CT molecular complexity index is 312. The molecule has 1 aromatic rings. The molecule has 0 saturated heterocycles. The van der Waals surface area contributed by atoms with E-state index in [1.54, 1.807) is 0 Å². The Morgan fingerprint density at radius 2 is 2.25 bits per heavy atom. The van der Waals surface area contributed by atoms with Gasteiger partial charge in [0.2, 0.25) is 0 Å². The van der Waals surface area contributed by atoms with Crippen molar-refractivity contribution in [2.75, 3.05) is 6.61 Å². The van der Waals surface area contributed by atoms with E-state index in [1.165, 1.54) is 0 Å². The van der Waals surface area contributed by atoms with Crippen molar-refractivity contribution >= 4 is 11.6 Å². The van der Waals surface area contributed by atoms with Gasteiger partial charge in [-0.3, -0.25) is 4.68 Å². The van der Waals surface area contributed by atoms with Gasteiger partial charge in [0.25, 0.3) is 0 Å². The van der Waals surface area contributed by atoms with Crippen LogP contribution < -0.4 is 0 Å². The maximum Gasteiger partial charge on any atom is 0.107 e.